The van der Waals surface area contributed by atoms with Gasteiger partial charge in [-0.3, -0.25) is 0 Å². The van der Waals surface area contributed by atoms with Crippen molar-refractivity contribution in [3.05, 3.63) is 0 Å². The number of hydrogen-bond acceptors (Lipinski definition) is 3. The van der Waals surface area contributed by atoms with Gasteiger partial charge in [0.2, 0.25) is 0 Å². The highest BCUT2D eigenvalue weighted by molar-refractivity contribution is 4.60. The topological polar surface area (TPSA) is 24.5 Å². The summed E-state index contributed by atoms with van der Waals surface area (Å²) in [6, 6.07) is 0. The fourth-order valence-electron chi connectivity index (χ4n) is 1.65. The maximum Gasteiger partial charge on any atom is 0.0697 e. The molecule has 0 heterocycles. The molecule has 0 saturated carbocycles. The van der Waals surface area contributed by atoms with Crippen LogP contribution in [0.2, 0.25) is 0 Å². The second-order valence-corrected chi connectivity index (χ2v) is 4.13. The molecule has 0 aliphatic rings. The molecule has 0 radical (unpaired) electrons. The molecule has 0 spiro atoms. The van der Waals surface area contributed by atoms with Crippen LogP contribution in [-0.4, -0.2) is 50.3 Å². The monoisotopic (exact) mass is 230 g/mol. The molecule has 1 atom stereocenters. The van der Waals surface area contributed by atoms with Gasteiger partial charge in [0.05, 0.1) is 12.7 Å². The Hall–Kier alpha value is -0.120. The van der Waals surface area contributed by atoms with E-state index >= 15 is 0 Å². The number of nitrogens with zero attached hydrogens (tertiary/aromatic N) is 1. The zero-order valence-corrected chi connectivity index (χ0v) is 11.6. The zero-order valence-electron chi connectivity index (χ0n) is 11.6. The number of ether oxygens (including phenoxy) is 1. The van der Waals surface area contributed by atoms with Gasteiger partial charge in [-0.1, -0.05) is 27.7 Å². The first-order chi connectivity index (χ1) is 7.78. The lowest BCUT2D eigenvalue weighted by Gasteiger charge is -2.21. The third-order valence-corrected chi connectivity index (χ3v) is 2.91. The summed E-state index contributed by atoms with van der Waals surface area (Å²) in [7, 11) is 0. The van der Waals surface area contributed by atoms with Gasteiger partial charge < -0.3 is 15.0 Å². The fraction of sp³-hybridized carbons (Fsp3) is 1.00. The summed E-state index contributed by atoms with van der Waals surface area (Å²) < 4.78 is 5.87. The molecule has 0 aliphatic carbocycles. The molecule has 0 bridgehead atoms. The molecular weight excluding hydrogens is 200 g/mol. The van der Waals surface area contributed by atoms with Gasteiger partial charge in [0.1, 0.15) is 0 Å². The van der Waals surface area contributed by atoms with E-state index in [0.717, 1.165) is 45.8 Å². The van der Waals surface area contributed by atoms with Crippen molar-refractivity contribution in [3.63, 3.8) is 0 Å². The summed E-state index contributed by atoms with van der Waals surface area (Å²) in [5.74, 6) is 0. The van der Waals surface area contributed by atoms with E-state index in [1.165, 1.54) is 6.42 Å². The number of rotatable bonds is 11. The summed E-state index contributed by atoms with van der Waals surface area (Å²) in [5, 5.41) is 3.41. The smallest absolute Gasteiger partial charge is 0.0697 e. The van der Waals surface area contributed by atoms with Gasteiger partial charge >= 0.3 is 0 Å². The van der Waals surface area contributed by atoms with Gasteiger partial charge in [-0.2, -0.15) is 0 Å². The SMILES string of the molecule is CCCNCC(CC)OCCN(CC)CC. The maximum atomic E-state index is 5.87. The van der Waals surface area contributed by atoms with E-state index in [2.05, 4.69) is 37.9 Å². The quantitative estimate of drug-likeness (QED) is 0.550. The highest BCUT2D eigenvalue weighted by atomic mass is 16.5. The first-order valence-corrected chi connectivity index (χ1v) is 6.83. The van der Waals surface area contributed by atoms with E-state index in [4.69, 9.17) is 4.74 Å². The predicted octanol–water partition coefficient (Wildman–Crippen LogP) is 2.12. The molecule has 0 aromatic rings. The van der Waals surface area contributed by atoms with Gasteiger partial charge in [-0.25, -0.2) is 0 Å². The molecule has 0 saturated heterocycles. The van der Waals surface area contributed by atoms with E-state index in [1.807, 2.05) is 0 Å². The first kappa shape index (κ1) is 15.9. The zero-order chi connectivity index (χ0) is 12.2. The van der Waals surface area contributed by atoms with Gasteiger partial charge in [-0.05, 0) is 32.5 Å². The van der Waals surface area contributed by atoms with Crippen molar-refractivity contribution in [2.75, 3.05) is 39.3 Å². The Labute approximate surface area is 102 Å². The molecule has 1 N–H and O–H groups in total. The van der Waals surface area contributed by atoms with E-state index < -0.39 is 0 Å². The Morgan fingerprint density at radius 2 is 1.81 bits per heavy atom. The number of hydrogen-bond donors (Lipinski definition) is 1. The second kappa shape index (κ2) is 11.4. The third kappa shape index (κ3) is 8.08. The van der Waals surface area contributed by atoms with Crippen LogP contribution in [0, 0.1) is 0 Å². The van der Waals surface area contributed by atoms with Gasteiger partial charge in [-0.15, -0.1) is 0 Å². The summed E-state index contributed by atoms with van der Waals surface area (Å²) in [6.45, 7) is 15.0. The van der Waals surface area contributed by atoms with Crippen molar-refractivity contribution in [2.24, 2.45) is 0 Å². The minimum atomic E-state index is 0.377. The average molecular weight is 230 g/mol. The molecule has 0 amide bonds. The number of nitrogens with one attached hydrogen (secondary N) is 1. The molecule has 0 fully saturated rings. The highest BCUT2D eigenvalue weighted by Crippen LogP contribution is 1.97. The van der Waals surface area contributed by atoms with Crippen molar-refractivity contribution in [1.82, 2.24) is 10.2 Å². The minimum Gasteiger partial charge on any atom is -0.376 e. The lowest BCUT2D eigenvalue weighted by atomic mass is 10.2. The van der Waals surface area contributed by atoms with Crippen molar-refractivity contribution in [1.29, 1.82) is 0 Å². The van der Waals surface area contributed by atoms with E-state index in [0.29, 0.717) is 6.10 Å². The van der Waals surface area contributed by atoms with Crippen LogP contribution in [0.3, 0.4) is 0 Å². The lowest BCUT2D eigenvalue weighted by Crippen LogP contribution is -2.33. The normalized spacial score (nSPS) is 13.3. The summed E-state index contributed by atoms with van der Waals surface area (Å²) in [6.07, 6.45) is 2.66. The second-order valence-electron chi connectivity index (χ2n) is 4.13. The van der Waals surface area contributed by atoms with Crippen LogP contribution < -0.4 is 5.32 Å². The first-order valence-electron chi connectivity index (χ1n) is 6.83. The minimum absolute atomic E-state index is 0.377. The van der Waals surface area contributed by atoms with Gasteiger partial charge in [0.25, 0.3) is 0 Å². The Morgan fingerprint density at radius 1 is 1.12 bits per heavy atom. The summed E-state index contributed by atoms with van der Waals surface area (Å²) in [4.78, 5) is 2.40. The molecule has 16 heavy (non-hydrogen) atoms. The molecule has 1 unspecified atom stereocenters. The molecule has 3 nitrogen and oxygen atoms in total. The van der Waals surface area contributed by atoms with Crippen LogP contribution >= 0.6 is 0 Å². The summed E-state index contributed by atoms with van der Waals surface area (Å²) in [5.41, 5.74) is 0. The molecule has 98 valence electrons. The van der Waals surface area contributed by atoms with Crippen molar-refractivity contribution < 1.29 is 4.74 Å². The van der Waals surface area contributed by atoms with Crippen LogP contribution in [0.25, 0.3) is 0 Å². The number of likely N-dealkylation sites (N-methyl/N-ethyl adjacent to an activating group) is 1. The molecule has 0 aromatic carbocycles. The Balaban J connectivity index is 3.53. The Kier molecular flexibility index (Phi) is 11.3. The Bertz CT molecular complexity index is 138. The molecule has 0 aliphatic heterocycles. The highest BCUT2D eigenvalue weighted by Gasteiger charge is 2.06. The Morgan fingerprint density at radius 3 is 2.31 bits per heavy atom. The van der Waals surface area contributed by atoms with Gasteiger partial charge in [0.15, 0.2) is 0 Å². The fourth-order valence-corrected chi connectivity index (χ4v) is 1.65. The molecule has 0 rings (SSSR count). The average Bonchev–Trinajstić information content (AvgIpc) is 2.32. The third-order valence-electron chi connectivity index (χ3n) is 2.91. The largest absolute Gasteiger partial charge is 0.376 e. The van der Waals surface area contributed by atoms with E-state index in [1.54, 1.807) is 0 Å². The standard InChI is InChI=1S/C13H30N2O/c1-5-9-14-12-13(6-2)16-11-10-15(7-3)8-4/h13-14H,5-12H2,1-4H3. The molecular formula is C13H30N2O. The predicted molar refractivity (Wildman–Crippen MR) is 71.0 cm³/mol. The maximum absolute atomic E-state index is 5.87. The van der Waals surface area contributed by atoms with E-state index in [9.17, 15) is 0 Å². The van der Waals surface area contributed by atoms with Crippen LogP contribution in [0.15, 0.2) is 0 Å². The van der Waals surface area contributed by atoms with Crippen LogP contribution in [0.4, 0.5) is 0 Å². The van der Waals surface area contributed by atoms with E-state index in [-0.39, 0.29) is 0 Å². The van der Waals surface area contributed by atoms with Crippen LogP contribution in [-0.2, 0) is 4.74 Å². The van der Waals surface area contributed by atoms with Gasteiger partial charge in [0, 0.05) is 13.1 Å². The van der Waals surface area contributed by atoms with Crippen molar-refractivity contribution in [3.8, 4) is 0 Å². The lowest BCUT2D eigenvalue weighted by molar-refractivity contribution is 0.0371. The van der Waals surface area contributed by atoms with Crippen molar-refractivity contribution in [2.45, 2.75) is 46.6 Å². The molecule has 0 aromatic heterocycles. The van der Waals surface area contributed by atoms with Crippen LogP contribution in [0.5, 0.6) is 0 Å². The van der Waals surface area contributed by atoms with Crippen LogP contribution in [0.1, 0.15) is 40.5 Å². The molecule has 3 heteroatoms. The summed E-state index contributed by atoms with van der Waals surface area (Å²) >= 11 is 0. The van der Waals surface area contributed by atoms with Crippen molar-refractivity contribution >= 4 is 0 Å².